The van der Waals surface area contributed by atoms with Crippen molar-refractivity contribution in [3.8, 4) is 0 Å². The number of carbonyl (C=O) groups is 1. The Morgan fingerprint density at radius 3 is 2.10 bits per heavy atom. The van der Waals surface area contributed by atoms with Crippen LogP contribution in [-0.2, 0) is 11.9 Å². The molecule has 0 bridgehead atoms. The largest absolute Gasteiger partial charge is 0.378 e. The maximum Gasteiger partial charge on any atom is 0.251 e. The van der Waals surface area contributed by atoms with Gasteiger partial charge in [-0.3, -0.25) is 4.79 Å². The van der Waals surface area contributed by atoms with Gasteiger partial charge in [-0.25, -0.2) is 0 Å². The quantitative estimate of drug-likeness (QED) is 0.839. The number of alkyl halides is 1. The van der Waals surface area contributed by atoms with Gasteiger partial charge in [0.15, 0.2) is 0 Å². The molecule has 0 spiro atoms. The van der Waals surface area contributed by atoms with Crippen LogP contribution < -0.4 is 10.2 Å². The molecule has 1 amide bonds. The van der Waals surface area contributed by atoms with Crippen LogP contribution in [0.15, 0.2) is 48.5 Å². The predicted octanol–water partition coefficient (Wildman–Crippen LogP) is 3.58. The average molecular weight is 347 g/mol. The molecule has 0 aromatic heterocycles. The summed E-state index contributed by atoms with van der Waals surface area (Å²) in [6.07, 6.45) is 0. The molecule has 0 saturated carbocycles. The molecule has 0 heterocycles. The summed E-state index contributed by atoms with van der Waals surface area (Å²) in [6, 6.07) is 15.8. The van der Waals surface area contributed by atoms with Gasteiger partial charge in [-0.2, -0.15) is 0 Å². The Bertz CT molecular complexity index is 591. The maximum absolute atomic E-state index is 12.1. The smallest absolute Gasteiger partial charge is 0.251 e. The molecule has 3 nitrogen and oxygen atoms in total. The van der Waals surface area contributed by atoms with Crippen LogP contribution in [0.3, 0.4) is 0 Å². The van der Waals surface area contributed by atoms with Crippen LogP contribution in [0.5, 0.6) is 0 Å². The Morgan fingerprint density at radius 2 is 1.57 bits per heavy atom. The third-order valence-electron chi connectivity index (χ3n) is 3.28. The average Bonchev–Trinajstić information content (AvgIpc) is 2.53. The molecule has 0 unspecified atom stereocenters. The van der Waals surface area contributed by atoms with Crippen molar-refractivity contribution in [2.24, 2.45) is 0 Å². The van der Waals surface area contributed by atoms with E-state index in [1.807, 2.05) is 67.5 Å². The van der Waals surface area contributed by atoms with E-state index in [0.29, 0.717) is 12.1 Å². The minimum absolute atomic E-state index is 0.0483. The van der Waals surface area contributed by atoms with Gasteiger partial charge < -0.3 is 10.2 Å². The first kappa shape index (κ1) is 15.6. The van der Waals surface area contributed by atoms with Gasteiger partial charge >= 0.3 is 0 Å². The number of hydrogen-bond acceptors (Lipinski definition) is 2. The van der Waals surface area contributed by atoms with E-state index in [9.17, 15) is 4.79 Å². The van der Waals surface area contributed by atoms with Crippen molar-refractivity contribution < 1.29 is 4.79 Å². The van der Waals surface area contributed by atoms with E-state index in [1.54, 1.807) is 0 Å². The summed E-state index contributed by atoms with van der Waals surface area (Å²) < 4.78 is 0. The van der Waals surface area contributed by atoms with Gasteiger partial charge in [-0.1, -0.05) is 40.2 Å². The van der Waals surface area contributed by atoms with Crippen LogP contribution in [-0.4, -0.2) is 20.0 Å². The van der Waals surface area contributed by atoms with Crippen molar-refractivity contribution in [3.05, 3.63) is 65.2 Å². The SMILES string of the molecule is CN(C)c1ccc(CNC(=O)c2ccc(CBr)cc2)cc1. The van der Waals surface area contributed by atoms with Crippen LogP contribution in [0.4, 0.5) is 5.69 Å². The number of anilines is 1. The molecule has 0 fully saturated rings. The highest BCUT2D eigenvalue weighted by Gasteiger charge is 2.05. The highest BCUT2D eigenvalue weighted by molar-refractivity contribution is 9.08. The number of nitrogens with zero attached hydrogens (tertiary/aromatic N) is 1. The zero-order chi connectivity index (χ0) is 15.2. The van der Waals surface area contributed by atoms with E-state index >= 15 is 0 Å². The van der Waals surface area contributed by atoms with Crippen molar-refractivity contribution in [2.45, 2.75) is 11.9 Å². The van der Waals surface area contributed by atoms with Crippen LogP contribution in [0.2, 0.25) is 0 Å². The minimum Gasteiger partial charge on any atom is -0.378 e. The Balaban J connectivity index is 1.93. The molecule has 0 saturated heterocycles. The van der Waals surface area contributed by atoms with Crippen LogP contribution in [0, 0.1) is 0 Å². The highest BCUT2D eigenvalue weighted by Crippen LogP contribution is 2.12. The van der Waals surface area contributed by atoms with Crippen LogP contribution in [0.25, 0.3) is 0 Å². The first-order valence-corrected chi connectivity index (χ1v) is 7.91. The molecule has 21 heavy (non-hydrogen) atoms. The van der Waals surface area contributed by atoms with Gasteiger partial charge in [0.1, 0.15) is 0 Å². The second kappa shape index (κ2) is 7.27. The fourth-order valence-corrected chi connectivity index (χ4v) is 2.32. The molecule has 0 atom stereocenters. The number of rotatable bonds is 5. The fraction of sp³-hybridized carbons (Fsp3) is 0.235. The third kappa shape index (κ3) is 4.33. The summed E-state index contributed by atoms with van der Waals surface area (Å²) >= 11 is 3.39. The van der Waals surface area contributed by atoms with Gasteiger partial charge in [0.25, 0.3) is 5.91 Å². The first-order valence-electron chi connectivity index (χ1n) is 6.79. The van der Waals surface area contributed by atoms with Gasteiger partial charge in [0.05, 0.1) is 0 Å². The van der Waals surface area contributed by atoms with E-state index in [2.05, 4.69) is 21.2 Å². The zero-order valence-corrected chi connectivity index (χ0v) is 13.9. The van der Waals surface area contributed by atoms with E-state index < -0.39 is 0 Å². The summed E-state index contributed by atoms with van der Waals surface area (Å²) in [5.74, 6) is -0.0483. The van der Waals surface area contributed by atoms with Gasteiger partial charge in [-0.05, 0) is 35.4 Å². The van der Waals surface area contributed by atoms with Crippen molar-refractivity contribution in [1.29, 1.82) is 0 Å². The number of hydrogen-bond donors (Lipinski definition) is 1. The molecule has 1 N–H and O–H groups in total. The van der Waals surface area contributed by atoms with E-state index in [4.69, 9.17) is 0 Å². The Kier molecular flexibility index (Phi) is 5.39. The molecule has 0 aliphatic carbocycles. The van der Waals surface area contributed by atoms with Crippen molar-refractivity contribution in [1.82, 2.24) is 5.32 Å². The Labute approximate surface area is 134 Å². The van der Waals surface area contributed by atoms with E-state index in [1.165, 1.54) is 0 Å². The van der Waals surface area contributed by atoms with E-state index in [0.717, 1.165) is 22.1 Å². The Hall–Kier alpha value is -1.81. The molecule has 2 aromatic carbocycles. The van der Waals surface area contributed by atoms with Crippen LogP contribution in [0.1, 0.15) is 21.5 Å². The first-order chi connectivity index (χ1) is 10.1. The molecule has 110 valence electrons. The normalized spacial score (nSPS) is 10.2. The molecule has 4 heteroatoms. The zero-order valence-electron chi connectivity index (χ0n) is 12.3. The third-order valence-corrected chi connectivity index (χ3v) is 3.92. The fourth-order valence-electron chi connectivity index (χ4n) is 1.94. The maximum atomic E-state index is 12.1. The van der Waals surface area contributed by atoms with Gasteiger partial charge in [0, 0.05) is 37.2 Å². The molecule has 0 aliphatic heterocycles. The van der Waals surface area contributed by atoms with Crippen LogP contribution >= 0.6 is 15.9 Å². The summed E-state index contributed by atoms with van der Waals surface area (Å²) in [7, 11) is 4.01. The lowest BCUT2D eigenvalue weighted by atomic mass is 10.1. The lowest BCUT2D eigenvalue weighted by Crippen LogP contribution is -2.22. The van der Waals surface area contributed by atoms with Crippen molar-refractivity contribution in [2.75, 3.05) is 19.0 Å². The summed E-state index contributed by atoms with van der Waals surface area (Å²) in [5.41, 5.74) is 4.08. The highest BCUT2D eigenvalue weighted by atomic mass is 79.9. The summed E-state index contributed by atoms with van der Waals surface area (Å²) in [6.45, 7) is 0.534. The lowest BCUT2D eigenvalue weighted by molar-refractivity contribution is 0.0951. The number of nitrogens with one attached hydrogen (secondary N) is 1. The molecule has 0 radical (unpaired) electrons. The molecular weight excluding hydrogens is 328 g/mol. The molecular formula is C17H19BrN2O. The molecule has 2 aromatic rings. The van der Waals surface area contributed by atoms with Gasteiger partial charge in [-0.15, -0.1) is 0 Å². The second-order valence-corrected chi connectivity index (χ2v) is 5.63. The summed E-state index contributed by atoms with van der Waals surface area (Å²) in [4.78, 5) is 14.1. The number of carbonyl (C=O) groups excluding carboxylic acids is 1. The monoisotopic (exact) mass is 346 g/mol. The number of amides is 1. The minimum atomic E-state index is -0.0483. The molecule has 0 aliphatic rings. The van der Waals surface area contributed by atoms with Crippen molar-refractivity contribution in [3.63, 3.8) is 0 Å². The van der Waals surface area contributed by atoms with E-state index in [-0.39, 0.29) is 5.91 Å². The summed E-state index contributed by atoms with van der Waals surface area (Å²) in [5, 5.41) is 3.74. The van der Waals surface area contributed by atoms with Crippen molar-refractivity contribution >= 4 is 27.5 Å². The predicted molar refractivity (Wildman–Crippen MR) is 91.0 cm³/mol. The van der Waals surface area contributed by atoms with Gasteiger partial charge in [0.2, 0.25) is 0 Å². The second-order valence-electron chi connectivity index (χ2n) is 5.07. The number of halogens is 1. The Morgan fingerprint density at radius 1 is 1.00 bits per heavy atom. The molecule has 2 rings (SSSR count). The lowest BCUT2D eigenvalue weighted by Gasteiger charge is -2.13. The topological polar surface area (TPSA) is 32.3 Å². The standard InChI is InChI=1S/C17H19BrN2O/c1-20(2)16-9-5-14(6-10-16)12-19-17(21)15-7-3-13(11-18)4-8-15/h3-10H,11-12H2,1-2H3,(H,19,21). The number of benzene rings is 2.